The molecule has 0 aliphatic rings. The van der Waals surface area contributed by atoms with Crippen LogP contribution in [0.4, 0.5) is 5.69 Å². The molecule has 0 atom stereocenters. The monoisotopic (exact) mass is 272 g/mol. The highest BCUT2D eigenvalue weighted by Gasteiger charge is 2.08. The smallest absolute Gasteiger partial charge is 0.312 e. The SMILES string of the molecule is Cc1cc(NC(=O)CC(=O)O)cnc1Br. The number of hydrogen-bond acceptors (Lipinski definition) is 3. The number of nitrogens with one attached hydrogen (secondary N) is 1. The molecule has 1 amide bonds. The number of carbonyl (C=O) groups is 2. The summed E-state index contributed by atoms with van der Waals surface area (Å²) >= 11 is 3.22. The molecule has 0 fully saturated rings. The fourth-order valence-corrected chi connectivity index (χ4v) is 1.19. The molecule has 15 heavy (non-hydrogen) atoms. The highest BCUT2D eigenvalue weighted by Crippen LogP contribution is 2.16. The molecule has 0 bridgehead atoms. The minimum Gasteiger partial charge on any atom is -0.481 e. The third-order valence-corrected chi connectivity index (χ3v) is 2.44. The number of aromatic nitrogens is 1. The van der Waals surface area contributed by atoms with Crippen LogP contribution < -0.4 is 5.32 Å². The molecule has 80 valence electrons. The topological polar surface area (TPSA) is 79.3 Å². The fourth-order valence-electron chi connectivity index (χ4n) is 0.969. The lowest BCUT2D eigenvalue weighted by atomic mass is 10.3. The van der Waals surface area contributed by atoms with Gasteiger partial charge in [-0.2, -0.15) is 0 Å². The molecular weight excluding hydrogens is 264 g/mol. The molecule has 2 N–H and O–H groups in total. The van der Waals surface area contributed by atoms with Gasteiger partial charge in [-0.15, -0.1) is 0 Å². The number of nitrogens with zero attached hydrogens (tertiary/aromatic N) is 1. The Morgan fingerprint density at radius 1 is 1.60 bits per heavy atom. The van der Waals surface area contributed by atoms with Gasteiger partial charge in [0.05, 0.1) is 11.9 Å². The molecule has 0 spiro atoms. The van der Waals surface area contributed by atoms with E-state index in [-0.39, 0.29) is 0 Å². The van der Waals surface area contributed by atoms with E-state index in [4.69, 9.17) is 5.11 Å². The summed E-state index contributed by atoms with van der Waals surface area (Å²) in [6.07, 6.45) is 0.909. The maximum Gasteiger partial charge on any atom is 0.312 e. The third kappa shape index (κ3) is 3.67. The standard InChI is InChI=1S/C9H9BrN2O3/c1-5-2-6(4-11-9(5)10)12-7(13)3-8(14)15/h2,4H,3H2,1H3,(H,12,13)(H,14,15). The van der Waals surface area contributed by atoms with E-state index in [0.717, 1.165) is 5.56 Å². The number of carboxylic acids is 1. The van der Waals surface area contributed by atoms with Crippen molar-refractivity contribution in [1.29, 1.82) is 0 Å². The van der Waals surface area contributed by atoms with Crippen molar-refractivity contribution in [1.82, 2.24) is 4.98 Å². The number of pyridine rings is 1. The van der Waals surface area contributed by atoms with E-state index in [1.807, 2.05) is 6.92 Å². The summed E-state index contributed by atoms with van der Waals surface area (Å²) in [4.78, 5) is 25.3. The van der Waals surface area contributed by atoms with Crippen molar-refractivity contribution in [2.45, 2.75) is 13.3 Å². The van der Waals surface area contributed by atoms with Crippen LogP contribution in [0.15, 0.2) is 16.9 Å². The van der Waals surface area contributed by atoms with E-state index in [2.05, 4.69) is 26.2 Å². The Bertz CT molecular complexity index is 406. The number of halogens is 1. The van der Waals surface area contributed by atoms with Gasteiger partial charge in [-0.3, -0.25) is 9.59 Å². The average Bonchev–Trinajstić information content (AvgIpc) is 2.10. The first kappa shape index (κ1) is 11.6. The zero-order chi connectivity index (χ0) is 11.4. The van der Waals surface area contributed by atoms with Crippen LogP contribution >= 0.6 is 15.9 Å². The third-order valence-electron chi connectivity index (χ3n) is 1.61. The summed E-state index contributed by atoms with van der Waals surface area (Å²) in [5.41, 5.74) is 1.35. The Morgan fingerprint density at radius 2 is 2.27 bits per heavy atom. The molecule has 1 aromatic heterocycles. The summed E-state index contributed by atoms with van der Waals surface area (Å²) < 4.78 is 0.693. The summed E-state index contributed by atoms with van der Waals surface area (Å²) in [5, 5.41) is 10.8. The molecule has 1 aromatic rings. The summed E-state index contributed by atoms with van der Waals surface area (Å²) in [6.45, 7) is 1.82. The van der Waals surface area contributed by atoms with E-state index >= 15 is 0 Å². The molecule has 1 rings (SSSR count). The second-order valence-electron chi connectivity index (χ2n) is 2.95. The van der Waals surface area contributed by atoms with E-state index in [9.17, 15) is 9.59 Å². The molecule has 0 aromatic carbocycles. The highest BCUT2D eigenvalue weighted by molar-refractivity contribution is 9.10. The number of hydrogen-bond donors (Lipinski definition) is 2. The quantitative estimate of drug-likeness (QED) is 0.647. The molecule has 6 heteroatoms. The van der Waals surface area contributed by atoms with Gasteiger partial charge >= 0.3 is 5.97 Å². The second-order valence-corrected chi connectivity index (χ2v) is 3.70. The van der Waals surface area contributed by atoms with Crippen molar-refractivity contribution in [3.8, 4) is 0 Å². The minimum atomic E-state index is -1.16. The van der Waals surface area contributed by atoms with E-state index in [1.165, 1.54) is 6.20 Å². The van der Waals surface area contributed by atoms with Crippen LogP contribution in [0.1, 0.15) is 12.0 Å². The van der Waals surface area contributed by atoms with Crippen molar-refractivity contribution in [3.63, 3.8) is 0 Å². The second kappa shape index (κ2) is 4.88. The van der Waals surface area contributed by atoms with Crippen LogP contribution in [0.5, 0.6) is 0 Å². The molecule has 1 heterocycles. The van der Waals surface area contributed by atoms with Gasteiger partial charge in [0.25, 0.3) is 0 Å². The van der Waals surface area contributed by atoms with Gasteiger partial charge < -0.3 is 10.4 Å². The van der Waals surface area contributed by atoms with Crippen LogP contribution in [-0.2, 0) is 9.59 Å². The Balaban J connectivity index is 2.69. The van der Waals surface area contributed by atoms with E-state index in [0.29, 0.717) is 10.3 Å². The first-order chi connectivity index (χ1) is 6.99. The summed E-state index contributed by atoms with van der Waals surface area (Å²) in [5.74, 6) is -1.72. The average molecular weight is 273 g/mol. The number of aryl methyl sites for hydroxylation is 1. The van der Waals surface area contributed by atoms with Crippen molar-refractivity contribution >= 4 is 33.5 Å². The Hall–Kier alpha value is -1.43. The molecule has 0 saturated heterocycles. The van der Waals surface area contributed by atoms with Crippen LogP contribution in [-0.4, -0.2) is 22.0 Å². The van der Waals surface area contributed by atoms with Crippen LogP contribution in [0.2, 0.25) is 0 Å². The first-order valence-corrected chi connectivity index (χ1v) is 4.92. The number of anilines is 1. The first-order valence-electron chi connectivity index (χ1n) is 4.13. The maximum absolute atomic E-state index is 11.1. The summed E-state index contributed by atoms with van der Waals surface area (Å²) in [7, 11) is 0. The van der Waals surface area contributed by atoms with Crippen molar-refractivity contribution in [3.05, 3.63) is 22.4 Å². The maximum atomic E-state index is 11.1. The summed E-state index contributed by atoms with van der Waals surface area (Å²) in [6, 6.07) is 1.71. The van der Waals surface area contributed by atoms with Gasteiger partial charge in [-0.25, -0.2) is 4.98 Å². The van der Waals surface area contributed by atoms with E-state index in [1.54, 1.807) is 6.07 Å². The Labute approximate surface area is 94.6 Å². The van der Waals surface area contributed by atoms with Crippen LogP contribution in [0, 0.1) is 6.92 Å². The van der Waals surface area contributed by atoms with Crippen molar-refractivity contribution < 1.29 is 14.7 Å². The minimum absolute atomic E-state index is 0.488. The number of amides is 1. The lowest BCUT2D eigenvalue weighted by Gasteiger charge is -2.04. The largest absolute Gasteiger partial charge is 0.481 e. The van der Waals surface area contributed by atoms with Gasteiger partial charge in [0.1, 0.15) is 11.0 Å². The van der Waals surface area contributed by atoms with Gasteiger partial charge in [0.15, 0.2) is 0 Å². The Morgan fingerprint density at radius 3 is 2.80 bits per heavy atom. The highest BCUT2D eigenvalue weighted by atomic mass is 79.9. The zero-order valence-electron chi connectivity index (χ0n) is 7.95. The van der Waals surface area contributed by atoms with E-state index < -0.39 is 18.3 Å². The molecule has 0 aliphatic heterocycles. The predicted octanol–water partition coefficient (Wildman–Crippen LogP) is 1.57. The molecule has 0 saturated carbocycles. The molecule has 5 nitrogen and oxygen atoms in total. The molecular formula is C9H9BrN2O3. The predicted molar refractivity (Wildman–Crippen MR) is 57.6 cm³/mol. The molecule has 0 aliphatic carbocycles. The number of aliphatic carboxylic acids is 1. The van der Waals surface area contributed by atoms with Crippen molar-refractivity contribution in [2.75, 3.05) is 5.32 Å². The van der Waals surface area contributed by atoms with Crippen LogP contribution in [0.3, 0.4) is 0 Å². The number of rotatable bonds is 3. The van der Waals surface area contributed by atoms with Crippen LogP contribution in [0.25, 0.3) is 0 Å². The van der Waals surface area contributed by atoms with Gasteiger partial charge in [-0.1, -0.05) is 0 Å². The normalized spacial score (nSPS) is 9.73. The van der Waals surface area contributed by atoms with Gasteiger partial charge in [0, 0.05) is 0 Å². The fraction of sp³-hybridized carbons (Fsp3) is 0.222. The lowest BCUT2D eigenvalue weighted by molar-refractivity contribution is -0.139. The van der Waals surface area contributed by atoms with Crippen molar-refractivity contribution in [2.24, 2.45) is 0 Å². The van der Waals surface area contributed by atoms with Gasteiger partial charge in [-0.05, 0) is 34.5 Å². The zero-order valence-corrected chi connectivity index (χ0v) is 9.54. The van der Waals surface area contributed by atoms with Gasteiger partial charge in [0.2, 0.25) is 5.91 Å². The molecule has 0 unspecified atom stereocenters. The number of carbonyl (C=O) groups excluding carboxylic acids is 1. The lowest BCUT2D eigenvalue weighted by Crippen LogP contribution is -2.16. The Kier molecular flexibility index (Phi) is 3.79. The molecule has 0 radical (unpaired) electrons. The number of carboxylic acid groups (broad SMARTS) is 1.